The molecule has 1 aromatic heterocycles. The first-order chi connectivity index (χ1) is 19.1. The first kappa shape index (κ1) is 26.7. The molecule has 3 N–H and O–H groups in total. The highest BCUT2D eigenvalue weighted by atomic mass is 19.4. The third-order valence-electron chi connectivity index (χ3n) is 6.19. The molecule has 0 aliphatic heterocycles. The van der Waals surface area contributed by atoms with Crippen molar-refractivity contribution in [2.75, 3.05) is 5.32 Å². The van der Waals surface area contributed by atoms with Crippen molar-refractivity contribution in [1.82, 2.24) is 15.1 Å². The summed E-state index contributed by atoms with van der Waals surface area (Å²) >= 11 is 0. The number of hydrogen-bond donors (Lipinski definition) is 3. The van der Waals surface area contributed by atoms with E-state index >= 15 is 0 Å². The van der Waals surface area contributed by atoms with E-state index in [2.05, 4.69) is 20.5 Å². The minimum atomic E-state index is -4.85. The zero-order chi connectivity index (χ0) is 28.4. The second-order valence-electron chi connectivity index (χ2n) is 9.15. The number of rotatable bonds is 7. The summed E-state index contributed by atoms with van der Waals surface area (Å²) in [6, 6.07) is 15.9. The van der Waals surface area contributed by atoms with Crippen LogP contribution in [0.3, 0.4) is 0 Å². The van der Waals surface area contributed by atoms with E-state index in [1.165, 1.54) is 41.1 Å². The van der Waals surface area contributed by atoms with Crippen molar-refractivity contribution in [3.8, 4) is 22.8 Å². The molecule has 1 fully saturated rings. The monoisotopic (exact) mass is 554 g/mol. The molecule has 40 heavy (non-hydrogen) atoms. The van der Waals surface area contributed by atoms with Crippen molar-refractivity contribution in [3.05, 3.63) is 95.4 Å². The van der Waals surface area contributed by atoms with Crippen LogP contribution in [-0.2, 0) is 6.54 Å². The predicted molar refractivity (Wildman–Crippen MR) is 136 cm³/mol. The molecule has 0 unspecified atom stereocenters. The largest absolute Gasteiger partial charge is 0.573 e. The molecule has 8 nitrogen and oxygen atoms in total. The van der Waals surface area contributed by atoms with Gasteiger partial charge in [-0.2, -0.15) is 9.78 Å². The molecule has 1 aliphatic carbocycles. The van der Waals surface area contributed by atoms with Crippen molar-refractivity contribution in [2.45, 2.75) is 31.7 Å². The smallest absolute Gasteiger partial charge is 0.507 e. The summed E-state index contributed by atoms with van der Waals surface area (Å²) < 4.78 is 56.1. The number of anilines is 1. The number of carbonyl (C=O) groups is 2. The van der Waals surface area contributed by atoms with Crippen LogP contribution in [0.25, 0.3) is 11.3 Å². The standard InChI is InChI=1S/C28H22F4N4O4/c29-22-4-2-1-3-18(22)15-33-27(39)36-24(16-5-6-16)14-23(35-36)21-13-19(9-12-25(21)37)34-26(38)17-7-10-20(11-8-17)40-28(30,31)32/h1-4,7-14,16,37H,5-6,15H2,(H,33,39)(H,34,38). The third kappa shape index (κ3) is 6.22. The summed E-state index contributed by atoms with van der Waals surface area (Å²) in [7, 11) is 0. The van der Waals surface area contributed by atoms with Gasteiger partial charge < -0.3 is 20.5 Å². The van der Waals surface area contributed by atoms with Crippen molar-refractivity contribution >= 4 is 17.6 Å². The Labute approximate surface area is 225 Å². The number of amides is 2. The molecule has 12 heteroatoms. The van der Waals surface area contributed by atoms with Gasteiger partial charge in [-0.05, 0) is 67.4 Å². The van der Waals surface area contributed by atoms with Crippen LogP contribution in [-0.4, -0.2) is 33.2 Å². The zero-order valence-electron chi connectivity index (χ0n) is 20.7. The second kappa shape index (κ2) is 10.7. The molecule has 0 bridgehead atoms. The molecule has 1 saturated carbocycles. The normalized spacial score (nSPS) is 13.1. The number of ether oxygens (including phenoxy) is 1. The topological polar surface area (TPSA) is 105 Å². The maximum Gasteiger partial charge on any atom is 0.573 e. The Balaban J connectivity index is 1.34. The molecule has 1 aliphatic rings. The number of nitrogens with one attached hydrogen (secondary N) is 2. The summed E-state index contributed by atoms with van der Waals surface area (Å²) in [5.41, 5.74) is 1.84. The molecular weight excluding hydrogens is 532 g/mol. The number of phenolic OH excluding ortho intramolecular Hbond substituents is 1. The Morgan fingerprint density at radius 1 is 1.02 bits per heavy atom. The van der Waals surface area contributed by atoms with Crippen molar-refractivity contribution in [2.24, 2.45) is 0 Å². The van der Waals surface area contributed by atoms with Gasteiger partial charge in [0.05, 0.1) is 11.4 Å². The van der Waals surface area contributed by atoms with Crippen LogP contribution in [0.4, 0.5) is 28.0 Å². The average Bonchev–Trinajstić information content (AvgIpc) is 3.66. The number of aromatic nitrogens is 2. The van der Waals surface area contributed by atoms with Gasteiger partial charge in [-0.25, -0.2) is 9.18 Å². The van der Waals surface area contributed by atoms with Crippen LogP contribution in [0.1, 0.15) is 40.4 Å². The van der Waals surface area contributed by atoms with Gasteiger partial charge >= 0.3 is 12.4 Å². The van der Waals surface area contributed by atoms with Gasteiger partial charge in [-0.1, -0.05) is 18.2 Å². The van der Waals surface area contributed by atoms with E-state index in [9.17, 15) is 32.3 Å². The van der Waals surface area contributed by atoms with E-state index in [4.69, 9.17) is 0 Å². The first-order valence-electron chi connectivity index (χ1n) is 12.2. The van der Waals surface area contributed by atoms with Crippen LogP contribution in [0.2, 0.25) is 0 Å². The quantitative estimate of drug-likeness (QED) is 0.187. The van der Waals surface area contributed by atoms with E-state index in [1.54, 1.807) is 24.3 Å². The Bertz CT molecular complexity index is 1560. The van der Waals surface area contributed by atoms with E-state index in [-0.39, 0.29) is 40.7 Å². The highest BCUT2D eigenvalue weighted by Crippen LogP contribution is 2.42. The van der Waals surface area contributed by atoms with Gasteiger partial charge in [0, 0.05) is 34.8 Å². The molecule has 0 spiro atoms. The molecule has 4 aromatic rings. The Morgan fingerprint density at radius 2 is 1.75 bits per heavy atom. The average molecular weight is 555 g/mol. The Morgan fingerprint density at radius 3 is 2.42 bits per heavy atom. The van der Waals surface area contributed by atoms with Crippen LogP contribution >= 0.6 is 0 Å². The van der Waals surface area contributed by atoms with Gasteiger partial charge in [-0.3, -0.25) is 4.79 Å². The van der Waals surface area contributed by atoms with Gasteiger partial charge in [0.2, 0.25) is 0 Å². The fraction of sp³-hybridized carbons (Fsp3) is 0.179. The SMILES string of the molecule is O=C(Nc1ccc(O)c(-c2cc(C3CC3)n(C(=O)NCc3ccccc3F)n2)c1)c1ccc(OC(F)(F)F)cc1. The lowest BCUT2D eigenvalue weighted by molar-refractivity contribution is -0.274. The summed E-state index contributed by atoms with van der Waals surface area (Å²) in [4.78, 5) is 25.6. The highest BCUT2D eigenvalue weighted by molar-refractivity contribution is 6.04. The maximum atomic E-state index is 14.0. The van der Waals surface area contributed by atoms with Gasteiger partial charge in [0.1, 0.15) is 17.3 Å². The maximum absolute atomic E-state index is 14.0. The summed E-state index contributed by atoms with van der Waals surface area (Å²) in [6.45, 7) is -0.0408. The van der Waals surface area contributed by atoms with Gasteiger partial charge in [-0.15, -0.1) is 13.2 Å². The second-order valence-corrected chi connectivity index (χ2v) is 9.15. The number of carbonyl (C=O) groups excluding carboxylic acids is 2. The number of aromatic hydroxyl groups is 1. The molecule has 5 rings (SSSR count). The van der Waals surface area contributed by atoms with Crippen molar-refractivity contribution < 1.29 is 37.0 Å². The number of nitrogens with zero attached hydrogens (tertiary/aromatic N) is 2. The number of phenols is 1. The Hall–Kier alpha value is -4.87. The number of benzene rings is 3. The fourth-order valence-corrected chi connectivity index (χ4v) is 4.08. The lowest BCUT2D eigenvalue weighted by Crippen LogP contribution is -2.30. The van der Waals surface area contributed by atoms with Crippen LogP contribution in [0, 0.1) is 5.82 Å². The predicted octanol–water partition coefficient (Wildman–Crippen LogP) is 6.18. The molecule has 1 heterocycles. The summed E-state index contributed by atoms with van der Waals surface area (Å²) in [6.07, 6.45) is -3.12. The number of alkyl halides is 3. The van der Waals surface area contributed by atoms with Crippen LogP contribution < -0.4 is 15.4 Å². The van der Waals surface area contributed by atoms with Crippen molar-refractivity contribution in [1.29, 1.82) is 0 Å². The molecule has 3 aromatic carbocycles. The molecule has 206 valence electrons. The minimum Gasteiger partial charge on any atom is -0.507 e. The fourth-order valence-electron chi connectivity index (χ4n) is 4.08. The minimum absolute atomic E-state index is 0.0408. The van der Waals surface area contributed by atoms with E-state index in [0.717, 1.165) is 25.0 Å². The number of hydrogen-bond acceptors (Lipinski definition) is 5. The molecular formula is C28H22F4N4O4. The van der Waals surface area contributed by atoms with E-state index in [0.29, 0.717) is 11.3 Å². The molecule has 0 radical (unpaired) electrons. The van der Waals surface area contributed by atoms with Gasteiger partial charge in [0.15, 0.2) is 0 Å². The lowest BCUT2D eigenvalue weighted by atomic mass is 10.1. The Kier molecular flexibility index (Phi) is 7.16. The van der Waals surface area contributed by atoms with E-state index in [1.807, 2.05) is 0 Å². The third-order valence-corrected chi connectivity index (χ3v) is 6.19. The van der Waals surface area contributed by atoms with Gasteiger partial charge in [0.25, 0.3) is 5.91 Å². The molecule has 0 atom stereocenters. The first-order valence-corrected chi connectivity index (χ1v) is 12.2. The summed E-state index contributed by atoms with van der Waals surface area (Å²) in [5.74, 6) is -1.55. The van der Waals surface area contributed by atoms with Crippen LogP contribution in [0.5, 0.6) is 11.5 Å². The highest BCUT2D eigenvalue weighted by Gasteiger charge is 2.32. The van der Waals surface area contributed by atoms with Crippen molar-refractivity contribution in [3.63, 3.8) is 0 Å². The summed E-state index contributed by atoms with van der Waals surface area (Å²) in [5, 5.41) is 20.2. The molecule has 2 amide bonds. The number of halogens is 4. The lowest BCUT2D eigenvalue weighted by Gasteiger charge is -2.10. The van der Waals surface area contributed by atoms with E-state index < -0.39 is 29.9 Å². The van der Waals surface area contributed by atoms with Crippen LogP contribution in [0.15, 0.2) is 72.8 Å². The zero-order valence-corrected chi connectivity index (χ0v) is 20.7. The molecule has 0 saturated heterocycles.